The molecule has 1 aliphatic rings. The number of likely N-dealkylation sites (N-methyl/N-ethyl adjacent to an activating group) is 1. The van der Waals surface area contributed by atoms with Crippen LogP contribution < -0.4 is 5.32 Å². The number of piperazine rings is 1. The largest absolute Gasteiger partial charge is 0.462 e. The maximum Gasteiger partial charge on any atom is 0.338 e. The summed E-state index contributed by atoms with van der Waals surface area (Å²) in [5.41, 5.74) is 1.18. The van der Waals surface area contributed by atoms with Crippen LogP contribution in [-0.4, -0.2) is 67.6 Å². The summed E-state index contributed by atoms with van der Waals surface area (Å²) in [7, 11) is 0. The average Bonchev–Trinajstić information content (AvgIpc) is 2.56. The standard InChI is InChI=1S/C17H25N3O3/c1-3-19-9-11-20(12-10-19)13-16(21)18-15-7-5-14(6-8-15)17(22)23-4-2/h5-8H,3-4,9-13H2,1-2H3,(H,18,21). The normalized spacial score (nSPS) is 16.1. The van der Waals surface area contributed by atoms with E-state index in [1.54, 1.807) is 31.2 Å². The number of nitrogens with zero attached hydrogens (tertiary/aromatic N) is 2. The Balaban J connectivity index is 1.80. The fourth-order valence-electron chi connectivity index (χ4n) is 2.57. The van der Waals surface area contributed by atoms with Crippen LogP contribution in [0.4, 0.5) is 5.69 Å². The second-order valence-electron chi connectivity index (χ2n) is 5.56. The van der Waals surface area contributed by atoms with Crippen molar-refractivity contribution in [2.24, 2.45) is 0 Å². The number of carbonyl (C=O) groups excluding carboxylic acids is 2. The highest BCUT2D eigenvalue weighted by Gasteiger charge is 2.17. The van der Waals surface area contributed by atoms with Gasteiger partial charge in [-0.15, -0.1) is 0 Å². The van der Waals surface area contributed by atoms with Crippen LogP contribution >= 0.6 is 0 Å². The predicted octanol–water partition coefficient (Wildman–Crippen LogP) is 1.44. The Kier molecular flexibility index (Phi) is 6.55. The molecule has 0 radical (unpaired) electrons. The molecule has 6 nitrogen and oxygen atoms in total. The third-order valence-electron chi connectivity index (χ3n) is 3.96. The summed E-state index contributed by atoms with van der Waals surface area (Å²) in [6.45, 7) is 9.60. The number of amides is 1. The molecule has 0 unspecified atom stereocenters. The summed E-state index contributed by atoms with van der Waals surface area (Å²) in [6, 6.07) is 6.76. The predicted molar refractivity (Wildman–Crippen MR) is 89.6 cm³/mol. The maximum atomic E-state index is 12.1. The molecule has 1 heterocycles. The third-order valence-corrected chi connectivity index (χ3v) is 3.96. The van der Waals surface area contributed by atoms with Crippen molar-refractivity contribution in [3.05, 3.63) is 29.8 Å². The molecule has 0 saturated carbocycles. The summed E-state index contributed by atoms with van der Waals surface area (Å²) >= 11 is 0. The molecular formula is C17H25N3O3. The second kappa shape index (κ2) is 8.64. The lowest BCUT2D eigenvalue weighted by molar-refractivity contribution is -0.117. The minimum atomic E-state index is -0.348. The van der Waals surface area contributed by atoms with E-state index in [4.69, 9.17) is 4.74 Å². The molecule has 0 aromatic heterocycles. The van der Waals surface area contributed by atoms with Crippen molar-refractivity contribution in [3.63, 3.8) is 0 Å². The molecule has 0 spiro atoms. The molecule has 23 heavy (non-hydrogen) atoms. The second-order valence-corrected chi connectivity index (χ2v) is 5.56. The number of benzene rings is 1. The maximum absolute atomic E-state index is 12.1. The van der Waals surface area contributed by atoms with Crippen LogP contribution in [0.1, 0.15) is 24.2 Å². The minimum absolute atomic E-state index is 0.0289. The third kappa shape index (κ3) is 5.33. The molecule has 2 rings (SSSR count). The zero-order valence-corrected chi connectivity index (χ0v) is 13.9. The first kappa shape index (κ1) is 17.4. The Hall–Kier alpha value is -1.92. The molecule has 1 saturated heterocycles. The van der Waals surface area contributed by atoms with Gasteiger partial charge in [0.1, 0.15) is 0 Å². The van der Waals surface area contributed by atoms with Crippen molar-refractivity contribution in [2.45, 2.75) is 13.8 Å². The lowest BCUT2D eigenvalue weighted by atomic mass is 10.2. The number of hydrogen-bond acceptors (Lipinski definition) is 5. The van der Waals surface area contributed by atoms with Gasteiger partial charge in [-0.25, -0.2) is 4.79 Å². The van der Waals surface area contributed by atoms with Gasteiger partial charge in [0.05, 0.1) is 18.7 Å². The van der Waals surface area contributed by atoms with Crippen LogP contribution in [0.25, 0.3) is 0 Å². The van der Waals surface area contributed by atoms with Crippen LogP contribution in [0.3, 0.4) is 0 Å². The van der Waals surface area contributed by atoms with Crippen LogP contribution in [0.5, 0.6) is 0 Å². The van der Waals surface area contributed by atoms with E-state index in [2.05, 4.69) is 22.0 Å². The highest BCUT2D eigenvalue weighted by Crippen LogP contribution is 2.11. The van der Waals surface area contributed by atoms with Gasteiger partial charge in [0.2, 0.25) is 5.91 Å². The Morgan fingerprint density at radius 1 is 1.04 bits per heavy atom. The fourth-order valence-corrected chi connectivity index (χ4v) is 2.57. The Bertz CT molecular complexity index is 522. The number of rotatable bonds is 6. The van der Waals surface area contributed by atoms with Crippen molar-refractivity contribution in [1.82, 2.24) is 9.80 Å². The lowest BCUT2D eigenvalue weighted by Gasteiger charge is -2.33. The van der Waals surface area contributed by atoms with Gasteiger partial charge in [-0.05, 0) is 37.7 Å². The van der Waals surface area contributed by atoms with Crippen molar-refractivity contribution < 1.29 is 14.3 Å². The summed E-state index contributed by atoms with van der Waals surface area (Å²) in [4.78, 5) is 28.2. The highest BCUT2D eigenvalue weighted by atomic mass is 16.5. The molecule has 0 atom stereocenters. The first-order chi connectivity index (χ1) is 11.1. The molecule has 1 aromatic carbocycles. The number of anilines is 1. The smallest absolute Gasteiger partial charge is 0.338 e. The van der Waals surface area contributed by atoms with Crippen molar-refractivity contribution in [1.29, 1.82) is 0 Å². The zero-order valence-electron chi connectivity index (χ0n) is 13.9. The molecular weight excluding hydrogens is 294 g/mol. The van der Waals surface area contributed by atoms with Gasteiger partial charge >= 0.3 is 5.97 Å². The average molecular weight is 319 g/mol. The van der Waals surface area contributed by atoms with Crippen molar-refractivity contribution >= 4 is 17.6 Å². The topological polar surface area (TPSA) is 61.9 Å². The highest BCUT2D eigenvalue weighted by molar-refractivity contribution is 5.94. The monoisotopic (exact) mass is 319 g/mol. The van der Waals surface area contributed by atoms with E-state index in [0.29, 0.717) is 24.4 Å². The number of esters is 1. The zero-order chi connectivity index (χ0) is 16.7. The van der Waals surface area contributed by atoms with Crippen LogP contribution in [0.2, 0.25) is 0 Å². The summed E-state index contributed by atoms with van der Waals surface area (Å²) < 4.78 is 4.93. The van der Waals surface area contributed by atoms with Gasteiger partial charge < -0.3 is 15.0 Å². The lowest BCUT2D eigenvalue weighted by Crippen LogP contribution is -2.48. The quantitative estimate of drug-likeness (QED) is 0.804. The van der Waals surface area contributed by atoms with Crippen molar-refractivity contribution in [3.8, 4) is 0 Å². The summed E-state index contributed by atoms with van der Waals surface area (Å²) in [5, 5.41) is 2.87. The number of nitrogens with one attached hydrogen (secondary N) is 1. The van der Waals surface area contributed by atoms with E-state index in [-0.39, 0.29) is 11.9 Å². The number of ether oxygens (including phenoxy) is 1. The SMILES string of the molecule is CCOC(=O)c1ccc(NC(=O)CN2CCN(CC)CC2)cc1. The molecule has 126 valence electrons. The van der Waals surface area contributed by atoms with E-state index in [1.165, 1.54) is 0 Å². The molecule has 0 aliphatic carbocycles. The van der Waals surface area contributed by atoms with Gasteiger partial charge in [-0.3, -0.25) is 9.69 Å². The van der Waals surface area contributed by atoms with Crippen molar-refractivity contribution in [2.75, 3.05) is 51.2 Å². The van der Waals surface area contributed by atoms with E-state index >= 15 is 0 Å². The summed E-state index contributed by atoms with van der Waals surface area (Å²) in [6.07, 6.45) is 0. The molecule has 1 fully saturated rings. The molecule has 0 bridgehead atoms. The first-order valence-electron chi connectivity index (χ1n) is 8.14. The molecule has 6 heteroatoms. The summed E-state index contributed by atoms with van der Waals surface area (Å²) in [5.74, 6) is -0.377. The fraction of sp³-hybridized carbons (Fsp3) is 0.529. The number of hydrogen-bond donors (Lipinski definition) is 1. The molecule has 1 amide bonds. The van der Waals surface area contributed by atoms with E-state index < -0.39 is 0 Å². The van der Waals surface area contributed by atoms with E-state index in [0.717, 1.165) is 32.7 Å². The number of carbonyl (C=O) groups is 2. The molecule has 1 aliphatic heterocycles. The Morgan fingerprint density at radius 2 is 1.65 bits per heavy atom. The Labute approximate surface area is 137 Å². The van der Waals surface area contributed by atoms with E-state index in [9.17, 15) is 9.59 Å². The van der Waals surface area contributed by atoms with Crippen LogP contribution in [0, 0.1) is 0 Å². The Morgan fingerprint density at radius 3 is 2.22 bits per heavy atom. The van der Waals surface area contributed by atoms with Gasteiger partial charge in [0.15, 0.2) is 0 Å². The molecule has 1 aromatic rings. The van der Waals surface area contributed by atoms with Gasteiger partial charge in [-0.2, -0.15) is 0 Å². The van der Waals surface area contributed by atoms with Crippen LogP contribution in [0.15, 0.2) is 24.3 Å². The van der Waals surface area contributed by atoms with Gasteiger partial charge in [0, 0.05) is 31.9 Å². The minimum Gasteiger partial charge on any atom is -0.462 e. The van der Waals surface area contributed by atoms with Gasteiger partial charge in [0.25, 0.3) is 0 Å². The van der Waals surface area contributed by atoms with Crippen LogP contribution in [-0.2, 0) is 9.53 Å². The molecule has 1 N–H and O–H groups in total. The first-order valence-corrected chi connectivity index (χ1v) is 8.14. The van der Waals surface area contributed by atoms with Gasteiger partial charge in [-0.1, -0.05) is 6.92 Å². The van der Waals surface area contributed by atoms with E-state index in [1.807, 2.05) is 0 Å².